The normalized spacial score (nSPS) is 16.9. The zero-order valence-corrected chi connectivity index (χ0v) is 18.4. The quantitative estimate of drug-likeness (QED) is 0.639. The summed E-state index contributed by atoms with van der Waals surface area (Å²) < 4.78 is 34.0. The van der Waals surface area contributed by atoms with E-state index in [2.05, 4.69) is 40.8 Å². The van der Waals surface area contributed by atoms with Gasteiger partial charge in [0.1, 0.15) is 5.75 Å². The van der Waals surface area contributed by atoms with Crippen molar-refractivity contribution in [1.82, 2.24) is 15.1 Å². The average Bonchev–Trinajstić information content (AvgIpc) is 3.18. The van der Waals surface area contributed by atoms with Gasteiger partial charge in [-0.15, -0.1) is 0 Å². The van der Waals surface area contributed by atoms with Crippen LogP contribution in [0, 0.1) is 11.8 Å². The summed E-state index contributed by atoms with van der Waals surface area (Å²) in [6.45, 7) is 8.81. The molecular weight excluding hydrogens is 392 g/mol. The van der Waals surface area contributed by atoms with Crippen molar-refractivity contribution >= 4 is 15.9 Å². The van der Waals surface area contributed by atoms with Gasteiger partial charge in [0, 0.05) is 25.3 Å². The molecule has 8 nitrogen and oxygen atoms in total. The fourth-order valence-electron chi connectivity index (χ4n) is 3.52. The van der Waals surface area contributed by atoms with Gasteiger partial charge in [0.2, 0.25) is 0 Å². The fraction of sp³-hybridized carbons (Fsp3) is 0.650. The maximum Gasteiger partial charge on any atom is 0.324 e. The van der Waals surface area contributed by atoms with Crippen LogP contribution in [0.3, 0.4) is 0 Å². The number of anilines is 1. The Morgan fingerprint density at radius 2 is 1.97 bits per heavy atom. The minimum absolute atomic E-state index is 0.0618. The van der Waals surface area contributed by atoms with Crippen LogP contribution in [0.15, 0.2) is 27.9 Å². The van der Waals surface area contributed by atoms with E-state index in [-0.39, 0.29) is 10.9 Å². The highest BCUT2D eigenvalue weighted by Gasteiger charge is 2.26. The number of pyridine rings is 1. The van der Waals surface area contributed by atoms with Crippen molar-refractivity contribution in [1.29, 1.82) is 0 Å². The van der Waals surface area contributed by atoms with Crippen molar-refractivity contribution in [3.8, 4) is 5.75 Å². The summed E-state index contributed by atoms with van der Waals surface area (Å²) in [5.74, 6) is 2.79. The first kappa shape index (κ1) is 21.5. The summed E-state index contributed by atoms with van der Waals surface area (Å²) in [6.07, 6.45) is 5.73. The molecule has 1 unspecified atom stereocenters. The van der Waals surface area contributed by atoms with Crippen LogP contribution in [0.1, 0.15) is 51.8 Å². The van der Waals surface area contributed by atoms with Crippen LogP contribution in [0.2, 0.25) is 0 Å². The van der Waals surface area contributed by atoms with Gasteiger partial charge in [-0.3, -0.25) is 0 Å². The minimum atomic E-state index is -3.28. The molecule has 0 spiro atoms. The van der Waals surface area contributed by atoms with Crippen LogP contribution in [0.5, 0.6) is 5.75 Å². The summed E-state index contributed by atoms with van der Waals surface area (Å²) in [7, 11) is -3.28. The van der Waals surface area contributed by atoms with Crippen molar-refractivity contribution < 1.29 is 17.7 Å². The lowest BCUT2D eigenvalue weighted by Crippen LogP contribution is -2.36. The van der Waals surface area contributed by atoms with Crippen molar-refractivity contribution in [3.05, 3.63) is 24.2 Å². The highest BCUT2D eigenvalue weighted by Crippen LogP contribution is 2.29. The lowest BCUT2D eigenvalue weighted by molar-refractivity contribution is 0.220. The number of hydrogen-bond acceptors (Lipinski definition) is 8. The van der Waals surface area contributed by atoms with Gasteiger partial charge in [0.15, 0.2) is 20.7 Å². The van der Waals surface area contributed by atoms with E-state index in [0.29, 0.717) is 30.2 Å². The average molecular weight is 423 g/mol. The summed E-state index contributed by atoms with van der Waals surface area (Å²) in [5, 5.41) is 4.11. The minimum Gasteiger partial charge on any atom is -0.492 e. The van der Waals surface area contributed by atoms with Gasteiger partial charge in [-0.2, -0.15) is 4.98 Å². The predicted octanol–water partition coefficient (Wildman–Crippen LogP) is 3.31. The predicted molar refractivity (Wildman–Crippen MR) is 110 cm³/mol. The van der Waals surface area contributed by atoms with Crippen LogP contribution in [0.25, 0.3) is 0 Å². The summed E-state index contributed by atoms with van der Waals surface area (Å²) >= 11 is 0. The molecule has 1 atom stereocenters. The SMILES string of the molecule is CC(C)c1noc(N2CCC(C(C)CCOc3ccc(S(C)(=O)=O)nc3)CC2)n1. The summed E-state index contributed by atoms with van der Waals surface area (Å²) in [4.78, 5) is 10.6. The summed E-state index contributed by atoms with van der Waals surface area (Å²) in [6, 6.07) is 3.77. The van der Waals surface area contributed by atoms with E-state index in [1.807, 2.05) is 0 Å². The third-order valence-corrected chi connectivity index (χ3v) is 6.49. The molecule has 0 bridgehead atoms. The molecule has 2 aromatic rings. The second-order valence-electron chi connectivity index (χ2n) is 8.13. The van der Waals surface area contributed by atoms with E-state index in [0.717, 1.165) is 44.4 Å². The Morgan fingerprint density at radius 1 is 1.24 bits per heavy atom. The van der Waals surface area contributed by atoms with Crippen LogP contribution in [0.4, 0.5) is 6.01 Å². The van der Waals surface area contributed by atoms with Crippen molar-refractivity contribution in [2.75, 3.05) is 30.9 Å². The van der Waals surface area contributed by atoms with Crippen molar-refractivity contribution in [2.45, 2.75) is 51.0 Å². The molecule has 0 aliphatic carbocycles. The Kier molecular flexibility index (Phi) is 6.77. The Morgan fingerprint density at radius 3 is 2.52 bits per heavy atom. The molecule has 9 heteroatoms. The number of nitrogens with zero attached hydrogens (tertiary/aromatic N) is 4. The smallest absolute Gasteiger partial charge is 0.324 e. The molecular formula is C20H30N4O4S. The maximum absolute atomic E-state index is 11.4. The van der Waals surface area contributed by atoms with Crippen LogP contribution < -0.4 is 9.64 Å². The van der Waals surface area contributed by atoms with E-state index >= 15 is 0 Å². The van der Waals surface area contributed by atoms with E-state index in [1.54, 1.807) is 6.07 Å². The van der Waals surface area contributed by atoms with Crippen LogP contribution >= 0.6 is 0 Å². The van der Waals surface area contributed by atoms with Gasteiger partial charge >= 0.3 is 6.01 Å². The molecule has 3 rings (SSSR count). The van der Waals surface area contributed by atoms with E-state index < -0.39 is 9.84 Å². The maximum atomic E-state index is 11.4. The first-order valence-electron chi connectivity index (χ1n) is 10.1. The third-order valence-electron chi connectivity index (χ3n) is 5.49. The second-order valence-corrected chi connectivity index (χ2v) is 10.1. The zero-order valence-electron chi connectivity index (χ0n) is 17.5. The van der Waals surface area contributed by atoms with Crippen LogP contribution in [-0.2, 0) is 9.84 Å². The molecule has 0 aromatic carbocycles. The van der Waals surface area contributed by atoms with Crippen LogP contribution in [-0.4, -0.2) is 49.5 Å². The number of sulfone groups is 1. The standard InChI is InChI=1S/C20H30N4O4S/c1-14(2)19-22-20(28-23-19)24-10-7-16(8-11-24)15(3)9-12-27-17-5-6-18(21-13-17)29(4,25)26/h5-6,13-16H,7-12H2,1-4H3. The Balaban J connectivity index is 1.42. The van der Waals surface area contributed by atoms with Gasteiger partial charge in [-0.05, 0) is 43.2 Å². The van der Waals surface area contributed by atoms with Gasteiger partial charge < -0.3 is 14.2 Å². The molecule has 0 N–H and O–H groups in total. The molecule has 3 heterocycles. The molecule has 1 saturated heterocycles. The first-order chi connectivity index (χ1) is 13.7. The monoisotopic (exact) mass is 422 g/mol. The largest absolute Gasteiger partial charge is 0.492 e. The van der Waals surface area contributed by atoms with Gasteiger partial charge in [0.05, 0.1) is 12.8 Å². The van der Waals surface area contributed by atoms with E-state index in [4.69, 9.17) is 9.26 Å². The topological polar surface area (TPSA) is 98.4 Å². The fourth-order valence-corrected chi connectivity index (χ4v) is 4.08. The number of hydrogen-bond donors (Lipinski definition) is 0. The molecule has 0 saturated carbocycles. The van der Waals surface area contributed by atoms with Crippen molar-refractivity contribution in [3.63, 3.8) is 0 Å². The highest BCUT2D eigenvalue weighted by atomic mass is 32.2. The molecule has 1 aliphatic rings. The zero-order chi connectivity index (χ0) is 21.0. The Bertz CT molecular complexity index is 887. The molecule has 1 fully saturated rings. The molecule has 0 amide bonds. The molecule has 2 aromatic heterocycles. The molecule has 0 radical (unpaired) electrons. The lowest BCUT2D eigenvalue weighted by atomic mass is 9.84. The summed E-state index contributed by atoms with van der Waals surface area (Å²) in [5.41, 5.74) is 0. The number of aromatic nitrogens is 3. The lowest BCUT2D eigenvalue weighted by Gasteiger charge is -2.33. The number of rotatable bonds is 8. The molecule has 1 aliphatic heterocycles. The first-order valence-corrected chi connectivity index (χ1v) is 12.0. The highest BCUT2D eigenvalue weighted by molar-refractivity contribution is 7.90. The third kappa shape index (κ3) is 5.68. The van der Waals surface area contributed by atoms with E-state index in [1.165, 1.54) is 12.3 Å². The van der Waals surface area contributed by atoms with E-state index in [9.17, 15) is 8.42 Å². The molecule has 29 heavy (non-hydrogen) atoms. The van der Waals surface area contributed by atoms with Gasteiger partial charge in [0.25, 0.3) is 0 Å². The van der Waals surface area contributed by atoms with Gasteiger partial charge in [-0.1, -0.05) is 25.9 Å². The Labute approximate surface area is 172 Å². The van der Waals surface area contributed by atoms with Crippen molar-refractivity contribution in [2.24, 2.45) is 11.8 Å². The Hall–Kier alpha value is -2.16. The molecule has 160 valence electrons. The second kappa shape index (κ2) is 9.11. The van der Waals surface area contributed by atoms with Gasteiger partial charge in [-0.25, -0.2) is 13.4 Å². The number of ether oxygens (including phenoxy) is 1. The number of piperidine rings is 1.